The van der Waals surface area contributed by atoms with Gasteiger partial charge < -0.3 is 19.4 Å². The second-order valence-electron chi connectivity index (χ2n) is 4.30. The van der Waals surface area contributed by atoms with Crippen molar-refractivity contribution in [3.63, 3.8) is 0 Å². The van der Waals surface area contributed by atoms with Crippen molar-refractivity contribution in [3.05, 3.63) is 59.4 Å². The van der Waals surface area contributed by atoms with Crippen molar-refractivity contribution >= 4 is 5.97 Å². The highest BCUT2D eigenvalue weighted by Crippen LogP contribution is 2.29. The number of carboxylic acids is 1. The van der Waals surface area contributed by atoms with Gasteiger partial charge in [0.1, 0.15) is 12.4 Å². The fourth-order valence-corrected chi connectivity index (χ4v) is 1.81. The molecule has 2 aromatic rings. The molecule has 0 aliphatic heterocycles. The van der Waals surface area contributed by atoms with Crippen LogP contribution in [0.2, 0.25) is 0 Å². The average Bonchev–Trinajstić information content (AvgIpc) is 2.46. The predicted octanol–water partition coefficient (Wildman–Crippen LogP) is 2.17. The van der Waals surface area contributed by atoms with Crippen molar-refractivity contribution in [2.45, 2.75) is 13.5 Å². The lowest BCUT2D eigenvalue weighted by Gasteiger charge is -2.14. The molecule has 5 heteroatoms. The van der Waals surface area contributed by atoms with Crippen LogP contribution in [0, 0.1) is 5.82 Å². The third kappa shape index (κ3) is 3.95. The van der Waals surface area contributed by atoms with Gasteiger partial charge >= 0.3 is 0 Å². The topological polar surface area (TPSA) is 58.6 Å². The number of hydrogen-bond acceptors (Lipinski definition) is 4. The zero-order chi connectivity index (χ0) is 15.2. The summed E-state index contributed by atoms with van der Waals surface area (Å²) in [4.78, 5) is 10.8. The molecule has 0 aromatic heterocycles. The Hall–Kier alpha value is -2.56. The summed E-state index contributed by atoms with van der Waals surface area (Å²) in [6.45, 7) is 2.30. The quantitative estimate of drug-likeness (QED) is 0.817. The number of aromatic carboxylic acids is 1. The normalized spacial score (nSPS) is 10.2. The summed E-state index contributed by atoms with van der Waals surface area (Å²) < 4.78 is 24.0. The molecule has 21 heavy (non-hydrogen) atoms. The lowest BCUT2D eigenvalue weighted by Crippen LogP contribution is -2.22. The van der Waals surface area contributed by atoms with Crippen LogP contribution in [0.3, 0.4) is 0 Å². The van der Waals surface area contributed by atoms with E-state index in [0.717, 1.165) is 0 Å². The first-order valence-electron chi connectivity index (χ1n) is 6.45. The van der Waals surface area contributed by atoms with Gasteiger partial charge in [0.15, 0.2) is 11.5 Å². The summed E-state index contributed by atoms with van der Waals surface area (Å²) in [7, 11) is 0. The summed E-state index contributed by atoms with van der Waals surface area (Å²) in [5.74, 6) is -0.914. The Labute approximate surface area is 121 Å². The van der Waals surface area contributed by atoms with E-state index in [1.54, 1.807) is 19.1 Å². The predicted molar refractivity (Wildman–Crippen MR) is 72.7 cm³/mol. The smallest absolute Gasteiger partial charge is 0.161 e. The van der Waals surface area contributed by atoms with Gasteiger partial charge in [-0.1, -0.05) is 12.1 Å². The molecule has 0 heterocycles. The minimum atomic E-state index is -1.28. The Kier molecular flexibility index (Phi) is 4.77. The van der Waals surface area contributed by atoms with Crippen LogP contribution in [-0.2, 0) is 6.61 Å². The first-order chi connectivity index (χ1) is 10.1. The Balaban J connectivity index is 2.16. The first kappa shape index (κ1) is 14.8. The van der Waals surface area contributed by atoms with Crippen LogP contribution >= 0.6 is 0 Å². The number of ether oxygens (including phenoxy) is 2. The highest BCUT2D eigenvalue weighted by Gasteiger charge is 2.08. The standard InChI is InChI=1S/C16H15FO4/c1-2-20-15-9-12(16(18)19)6-7-14(15)21-10-11-4-3-5-13(17)8-11/h3-9H,2,10H2,1H3,(H,18,19)/p-1. The number of halogens is 1. The molecule has 2 aromatic carbocycles. The average molecular weight is 289 g/mol. The van der Waals surface area contributed by atoms with Gasteiger partial charge in [-0.3, -0.25) is 0 Å². The molecule has 0 saturated carbocycles. The van der Waals surface area contributed by atoms with E-state index >= 15 is 0 Å². The second kappa shape index (κ2) is 6.74. The number of hydrogen-bond donors (Lipinski definition) is 0. The van der Waals surface area contributed by atoms with Gasteiger partial charge in [-0.15, -0.1) is 0 Å². The van der Waals surface area contributed by atoms with E-state index in [4.69, 9.17) is 9.47 Å². The molecule has 0 spiro atoms. The lowest BCUT2D eigenvalue weighted by atomic mass is 10.2. The van der Waals surface area contributed by atoms with E-state index in [1.165, 1.54) is 30.3 Å². The van der Waals surface area contributed by atoms with E-state index in [9.17, 15) is 14.3 Å². The van der Waals surface area contributed by atoms with Crippen molar-refractivity contribution < 1.29 is 23.8 Å². The van der Waals surface area contributed by atoms with Crippen LogP contribution in [0.4, 0.5) is 4.39 Å². The SMILES string of the molecule is CCOc1cc(C(=O)[O-])ccc1OCc1cccc(F)c1. The highest BCUT2D eigenvalue weighted by atomic mass is 19.1. The van der Waals surface area contributed by atoms with Gasteiger partial charge in [-0.2, -0.15) is 0 Å². The van der Waals surface area contributed by atoms with Gasteiger partial charge in [0.25, 0.3) is 0 Å². The van der Waals surface area contributed by atoms with Gasteiger partial charge in [0.05, 0.1) is 12.6 Å². The third-order valence-electron chi connectivity index (χ3n) is 2.76. The van der Waals surface area contributed by atoms with Gasteiger partial charge in [-0.25, -0.2) is 4.39 Å². The molecule has 2 rings (SSSR count). The molecule has 0 unspecified atom stereocenters. The van der Waals surface area contributed by atoms with Crippen molar-refractivity contribution in [1.82, 2.24) is 0 Å². The Bertz CT molecular complexity index is 640. The number of carboxylic acid groups (broad SMARTS) is 1. The highest BCUT2D eigenvalue weighted by molar-refractivity contribution is 5.86. The van der Waals surface area contributed by atoms with Crippen molar-refractivity contribution in [2.75, 3.05) is 6.61 Å². The van der Waals surface area contributed by atoms with Gasteiger partial charge in [0, 0.05) is 5.56 Å². The van der Waals surface area contributed by atoms with E-state index in [1.807, 2.05) is 0 Å². The van der Waals surface area contributed by atoms with Crippen molar-refractivity contribution in [1.29, 1.82) is 0 Å². The summed E-state index contributed by atoms with van der Waals surface area (Å²) in [5, 5.41) is 10.8. The maximum atomic E-state index is 13.1. The minimum absolute atomic E-state index is 0.0107. The molecule has 0 N–H and O–H groups in total. The third-order valence-corrected chi connectivity index (χ3v) is 2.76. The second-order valence-corrected chi connectivity index (χ2v) is 4.30. The van der Waals surface area contributed by atoms with E-state index in [0.29, 0.717) is 23.7 Å². The Morgan fingerprint density at radius 2 is 1.95 bits per heavy atom. The molecule has 0 atom stereocenters. The van der Waals surface area contributed by atoms with Crippen LogP contribution in [0.1, 0.15) is 22.8 Å². The van der Waals surface area contributed by atoms with Crippen molar-refractivity contribution in [2.24, 2.45) is 0 Å². The summed E-state index contributed by atoms with van der Waals surface area (Å²) in [6.07, 6.45) is 0. The summed E-state index contributed by atoms with van der Waals surface area (Å²) >= 11 is 0. The monoisotopic (exact) mass is 289 g/mol. The maximum Gasteiger partial charge on any atom is 0.161 e. The van der Waals surface area contributed by atoms with Gasteiger partial charge in [-0.05, 0) is 42.8 Å². The number of carbonyl (C=O) groups excluding carboxylic acids is 1. The fraction of sp³-hybridized carbons (Fsp3) is 0.188. The molecule has 0 aliphatic carbocycles. The zero-order valence-corrected chi connectivity index (χ0v) is 11.5. The van der Waals surface area contributed by atoms with Crippen LogP contribution < -0.4 is 14.6 Å². The lowest BCUT2D eigenvalue weighted by molar-refractivity contribution is -0.255. The van der Waals surface area contributed by atoms with E-state index < -0.39 is 5.97 Å². The van der Waals surface area contributed by atoms with E-state index in [-0.39, 0.29) is 18.0 Å². The fourth-order valence-electron chi connectivity index (χ4n) is 1.81. The molecule has 110 valence electrons. The molecule has 4 nitrogen and oxygen atoms in total. The Morgan fingerprint density at radius 1 is 1.14 bits per heavy atom. The molecular formula is C16H14FO4-. The van der Waals surface area contributed by atoms with Crippen LogP contribution in [0.25, 0.3) is 0 Å². The van der Waals surface area contributed by atoms with Crippen LogP contribution in [-0.4, -0.2) is 12.6 Å². The molecule has 0 radical (unpaired) electrons. The summed E-state index contributed by atoms with van der Waals surface area (Å²) in [6, 6.07) is 10.3. The summed E-state index contributed by atoms with van der Waals surface area (Å²) in [5.41, 5.74) is 0.679. The minimum Gasteiger partial charge on any atom is -0.545 e. The number of rotatable bonds is 6. The molecule has 0 fully saturated rings. The molecule has 0 aliphatic rings. The maximum absolute atomic E-state index is 13.1. The van der Waals surface area contributed by atoms with Gasteiger partial charge in [0.2, 0.25) is 0 Å². The van der Waals surface area contributed by atoms with Crippen molar-refractivity contribution in [3.8, 4) is 11.5 Å². The van der Waals surface area contributed by atoms with Crippen LogP contribution in [0.15, 0.2) is 42.5 Å². The molecule has 0 saturated heterocycles. The molecular weight excluding hydrogens is 275 g/mol. The number of benzene rings is 2. The molecule has 0 amide bonds. The zero-order valence-electron chi connectivity index (χ0n) is 11.5. The first-order valence-corrected chi connectivity index (χ1v) is 6.45. The van der Waals surface area contributed by atoms with Crippen LogP contribution in [0.5, 0.6) is 11.5 Å². The van der Waals surface area contributed by atoms with E-state index in [2.05, 4.69) is 0 Å². The Morgan fingerprint density at radius 3 is 2.62 bits per heavy atom. The largest absolute Gasteiger partial charge is 0.545 e. The number of carbonyl (C=O) groups is 1. The molecule has 0 bridgehead atoms.